The van der Waals surface area contributed by atoms with Gasteiger partial charge in [-0.3, -0.25) is 0 Å². The Labute approximate surface area is 132 Å². The smallest absolute Gasteiger partial charge is 0.194 e. The van der Waals surface area contributed by atoms with Crippen molar-refractivity contribution in [3.63, 3.8) is 0 Å². The highest BCUT2D eigenvalue weighted by atomic mass is 79.9. The minimum atomic E-state index is -1.45. The monoisotopic (exact) mass is 406 g/mol. The molecule has 1 atom stereocenters. The van der Waals surface area contributed by atoms with E-state index in [-0.39, 0.29) is 5.56 Å². The van der Waals surface area contributed by atoms with Gasteiger partial charge in [0.25, 0.3) is 0 Å². The normalized spacial score (nSPS) is 12.6. The van der Waals surface area contributed by atoms with E-state index in [1.165, 1.54) is 6.07 Å². The van der Waals surface area contributed by atoms with Gasteiger partial charge in [-0.2, -0.15) is 0 Å². The molecule has 0 spiro atoms. The van der Waals surface area contributed by atoms with Gasteiger partial charge in [-0.15, -0.1) is 0 Å². The molecule has 0 aliphatic rings. The summed E-state index contributed by atoms with van der Waals surface area (Å²) in [6.45, 7) is 3.79. The summed E-state index contributed by atoms with van der Waals surface area (Å²) in [5.74, 6) is -3.79. The molecule has 2 aromatic rings. The van der Waals surface area contributed by atoms with Crippen molar-refractivity contribution >= 4 is 31.9 Å². The highest BCUT2D eigenvalue weighted by Gasteiger charge is 2.21. The van der Waals surface area contributed by atoms with Gasteiger partial charge in [-0.1, -0.05) is 44.0 Å². The highest BCUT2D eigenvalue weighted by molar-refractivity contribution is 9.10. The Kier molecular flexibility index (Phi) is 4.59. The molecule has 0 fully saturated rings. The van der Waals surface area contributed by atoms with Crippen molar-refractivity contribution in [2.45, 2.75) is 18.7 Å². The fraction of sp³-hybridized carbons (Fsp3) is 0.200. The predicted octanol–water partition coefficient (Wildman–Crippen LogP) is 5.97. The maximum atomic E-state index is 13.9. The number of halogens is 5. The molecule has 0 N–H and O–H groups in total. The lowest BCUT2D eigenvalue weighted by Gasteiger charge is -2.16. The summed E-state index contributed by atoms with van der Waals surface area (Å²) in [5.41, 5.74) is 2.80. The molecule has 0 amide bonds. The van der Waals surface area contributed by atoms with Gasteiger partial charge in [-0.25, -0.2) is 13.2 Å². The van der Waals surface area contributed by atoms with E-state index in [9.17, 15) is 13.2 Å². The standard InChI is InChI=1S/C15H11Br2F3/c1-7-6-11(16)8(2)5-10(7)13(17)9-3-4-12(18)15(20)14(9)19/h3-6,13H,1-2H3. The molecule has 5 heteroatoms. The Morgan fingerprint density at radius 1 is 0.900 bits per heavy atom. The SMILES string of the molecule is Cc1cc(C(Br)c2ccc(F)c(F)c2F)c(C)cc1Br. The Morgan fingerprint density at radius 2 is 1.55 bits per heavy atom. The maximum absolute atomic E-state index is 13.9. The second-order valence-corrected chi connectivity index (χ2v) is 6.36. The van der Waals surface area contributed by atoms with E-state index in [4.69, 9.17) is 0 Å². The molecule has 0 heterocycles. The molecule has 2 rings (SSSR count). The number of hydrogen-bond acceptors (Lipinski definition) is 0. The molecule has 1 unspecified atom stereocenters. The van der Waals surface area contributed by atoms with Gasteiger partial charge in [0.15, 0.2) is 17.5 Å². The van der Waals surface area contributed by atoms with E-state index in [1.54, 1.807) is 0 Å². The molecule has 106 valence electrons. The summed E-state index contributed by atoms with van der Waals surface area (Å²) >= 11 is 6.79. The molecule has 20 heavy (non-hydrogen) atoms. The lowest BCUT2D eigenvalue weighted by atomic mass is 9.98. The van der Waals surface area contributed by atoms with E-state index >= 15 is 0 Å². The van der Waals surface area contributed by atoms with Crippen LogP contribution in [0.3, 0.4) is 0 Å². The second kappa shape index (κ2) is 5.90. The fourth-order valence-electron chi connectivity index (χ4n) is 1.98. The quantitative estimate of drug-likeness (QED) is 0.425. The third-order valence-electron chi connectivity index (χ3n) is 3.16. The minimum absolute atomic E-state index is 0.0775. The molecule has 0 aliphatic carbocycles. The molecule has 0 saturated heterocycles. The molecule has 0 saturated carbocycles. The van der Waals surface area contributed by atoms with Crippen LogP contribution >= 0.6 is 31.9 Å². The topological polar surface area (TPSA) is 0 Å². The summed E-state index contributed by atoms with van der Waals surface area (Å²) < 4.78 is 41.1. The molecule has 0 bridgehead atoms. The van der Waals surface area contributed by atoms with Gasteiger partial charge in [-0.05, 0) is 42.7 Å². The minimum Gasteiger partial charge on any atom is -0.204 e. The van der Waals surface area contributed by atoms with Crippen molar-refractivity contribution in [2.75, 3.05) is 0 Å². The molecule has 0 nitrogen and oxygen atoms in total. The van der Waals surface area contributed by atoms with Gasteiger partial charge in [0, 0.05) is 10.0 Å². The third-order valence-corrected chi connectivity index (χ3v) is 5.00. The van der Waals surface area contributed by atoms with Crippen molar-refractivity contribution in [3.05, 3.63) is 68.4 Å². The fourth-order valence-corrected chi connectivity index (χ4v) is 3.29. The molecule has 0 aliphatic heterocycles. The van der Waals surface area contributed by atoms with Gasteiger partial charge >= 0.3 is 0 Å². The first-order valence-electron chi connectivity index (χ1n) is 5.87. The van der Waals surface area contributed by atoms with Gasteiger partial charge in [0.1, 0.15) is 0 Å². The van der Waals surface area contributed by atoms with Crippen LogP contribution < -0.4 is 0 Å². The van der Waals surface area contributed by atoms with Gasteiger partial charge in [0.05, 0.1) is 4.83 Å². The van der Waals surface area contributed by atoms with E-state index in [1.807, 2.05) is 26.0 Å². The van der Waals surface area contributed by atoms with E-state index in [0.29, 0.717) is 0 Å². The van der Waals surface area contributed by atoms with E-state index in [2.05, 4.69) is 31.9 Å². The first-order valence-corrected chi connectivity index (χ1v) is 7.58. The van der Waals surface area contributed by atoms with Gasteiger partial charge < -0.3 is 0 Å². The average molecular weight is 408 g/mol. The Morgan fingerprint density at radius 3 is 2.20 bits per heavy atom. The summed E-state index contributed by atoms with van der Waals surface area (Å²) in [7, 11) is 0. The number of benzene rings is 2. The van der Waals surface area contributed by atoms with Crippen LogP contribution in [-0.2, 0) is 0 Å². The van der Waals surface area contributed by atoms with Crippen LogP contribution in [0.15, 0.2) is 28.7 Å². The number of aryl methyl sites for hydroxylation is 2. The van der Waals surface area contributed by atoms with Crippen molar-refractivity contribution in [1.82, 2.24) is 0 Å². The lowest BCUT2D eigenvalue weighted by Crippen LogP contribution is -2.03. The van der Waals surface area contributed by atoms with Crippen molar-refractivity contribution in [3.8, 4) is 0 Å². The molecular formula is C15H11Br2F3. The molecule has 0 radical (unpaired) electrons. The van der Waals surface area contributed by atoms with Crippen LogP contribution in [-0.4, -0.2) is 0 Å². The first-order chi connectivity index (χ1) is 9.32. The molecule has 0 aromatic heterocycles. The predicted molar refractivity (Wildman–Crippen MR) is 80.7 cm³/mol. The summed E-state index contributed by atoms with van der Waals surface area (Å²) in [5, 5.41) is 0. The number of rotatable bonds is 2. The van der Waals surface area contributed by atoms with Crippen LogP contribution in [0.2, 0.25) is 0 Å². The Bertz CT molecular complexity index is 667. The van der Waals surface area contributed by atoms with Gasteiger partial charge in [0.2, 0.25) is 0 Å². The van der Waals surface area contributed by atoms with Crippen molar-refractivity contribution in [2.24, 2.45) is 0 Å². The van der Waals surface area contributed by atoms with E-state index in [0.717, 1.165) is 27.2 Å². The number of alkyl halides is 1. The van der Waals surface area contributed by atoms with Crippen molar-refractivity contribution in [1.29, 1.82) is 0 Å². The van der Waals surface area contributed by atoms with Crippen LogP contribution in [0.4, 0.5) is 13.2 Å². The van der Waals surface area contributed by atoms with E-state index < -0.39 is 22.3 Å². The van der Waals surface area contributed by atoms with Crippen LogP contribution in [0.1, 0.15) is 27.1 Å². The zero-order valence-electron chi connectivity index (χ0n) is 10.8. The Balaban J connectivity index is 2.55. The summed E-state index contributed by atoms with van der Waals surface area (Å²) in [6, 6.07) is 5.99. The Hall–Kier alpha value is -0.810. The number of hydrogen-bond donors (Lipinski definition) is 0. The van der Waals surface area contributed by atoms with Crippen molar-refractivity contribution < 1.29 is 13.2 Å². The zero-order valence-corrected chi connectivity index (χ0v) is 13.9. The second-order valence-electron chi connectivity index (χ2n) is 4.59. The lowest BCUT2D eigenvalue weighted by molar-refractivity contribution is 0.442. The third kappa shape index (κ3) is 2.79. The van der Waals surface area contributed by atoms with Crippen LogP contribution in [0.25, 0.3) is 0 Å². The average Bonchev–Trinajstić information content (AvgIpc) is 2.40. The highest BCUT2D eigenvalue weighted by Crippen LogP contribution is 2.37. The van der Waals surface area contributed by atoms with Crippen LogP contribution in [0.5, 0.6) is 0 Å². The molecular weight excluding hydrogens is 397 g/mol. The largest absolute Gasteiger partial charge is 0.204 e. The molecule has 2 aromatic carbocycles. The maximum Gasteiger partial charge on any atom is 0.194 e. The first kappa shape index (κ1) is 15.6. The zero-order chi connectivity index (χ0) is 15.0. The van der Waals surface area contributed by atoms with Crippen LogP contribution in [0, 0.1) is 31.3 Å². The summed E-state index contributed by atoms with van der Waals surface area (Å²) in [4.78, 5) is -0.538. The summed E-state index contributed by atoms with van der Waals surface area (Å²) in [6.07, 6.45) is 0.